The molecule has 0 fully saturated rings. The molecule has 1 heterocycles. The van der Waals surface area contributed by atoms with Gasteiger partial charge in [-0.3, -0.25) is 4.99 Å². The molecule has 0 aliphatic carbocycles. The summed E-state index contributed by atoms with van der Waals surface area (Å²) in [5.41, 5.74) is 5.06. The molecule has 2 aromatic carbocycles. The number of unbranched alkanes of at least 4 members (excludes halogenated alkanes) is 1. The second kappa shape index (κ2) is 7.43. The average Bonchev–Trinajstić information content (AvgIpc) is 2.65. The monoisotopic (exact) mass is 334 g/mol. The molecule has 0 saturated carbocycles. The van der Waals surface area contributed by atoms with Crippen LogP contribution in [0, 0.1) is 6.92 Å². The van der Waals surface area contributed by atoms with E-state index in [0.717, 1.165) is 24.4 Å². The predicted octanol–water partition coefficient (Wildman–Crippen LogP) is 6.31. The summed E-state index contributed by atoms with van der Waals surface area (Å²) >= 11 is 0. The number of nitrogens with zero attached hydrogens (tertiary/aromatic N) is 1. The van der Waals surface area contributed by atoms with Crippen molar-refractivity contribution in [2.45, 2.75) is 64.8 Å². The quantitative estimate of drug-likeness (QED) is 0.680. The summed E-state index contributed by atoms with van der Waals surface area (Å²) in [6.07, 6.45) is 4.66. The van der Waals surface area contributed by atoms with Gasteiger partial charge in [-0.1, -0.05) is 76.1 Å². The second-order valence-corrected chi connectivity index (χ2v) is 7.27. The Morgan fingerprint density at radius 1 is 1.04 bits per heavy atom. The van der Waals surface area contributed by atoms with Crippen molar-refractivity contribution in [3.05, 3.63) is 65.2 Å². The van der Waals surface area contributed by atoms with Crippen LogP contribution in [-0.4, -0.2) is 11.4 Å². The summed E-state index contributed by atoms with van der Waals surface area (Å²) in [5.74, 6) is 1.48. The van der Waals surface area contributed by atoms with Crippen molar-refractivity contribution in [1.82, 2.24) is 0 Å². The molecule has 1 N–H and O–H groups in total. The first-order valence-electron chi connectivity index (χ1n) is 9.63. The molecule has 132 valence electrons. The van der Waals surface area contributed by atoms with Crippen molar-refractivity contribution in [3.63, 3.8) is 0 Å². The summed E-state index contributed by atoms with van der Waals surface area (Å²) in [7, 11) is 0. The number of benzene rings is 2. The molecule has 2 aromatic rings. The lowest BCUT2D eigenvalue weighted by atomic mass is 9.72. The standard InChI is InChI=1S/C23H30N2/c1-5-7-16-23(6-2)18(4)19-13-9-10-14-20(19)22(25-23)24-21-15-11-8-12-17(21)3/h8-15,18H,5-7,16H2,1-4H3,(H,24,25). The smallest absolute Gasteiger partial charge is 0.133 e. The van der Waals surface area contributed by atoms with Gasteiger partial charge in [-0.25, -0.2) is 0 Å². The molecule has 2 nitrogen and oxygen atoms in total. The van der Waals surface area contributed by atoms with Gasteiger partial charge in [0.05, 0.1) is 5.54 Å². The maximum absolute atomic E-state index is 5.33. The second-order valence-electron chi connectivity index (χ2n) is 7.27. The fourth-order valence-electron chi connectivity index (χ4n) is 4.01. The Bertz CT molecular complexity index is 762. The van der Waals surface area contributed by atoms with Crippen LogP contribution in [0.1, 0.15) is 69.1 Å². The first-order valence-corrected chi connectivity index (χ1v) is 9.63. The third-order valence-corrected chi connectivity index (χ3v) is 5.80. The molecule has 2 atom stereocenters. The van der Waals surface area contributed by atoms with Crippen LogP contribution in [0.25, 0.3) is 0 Å². The minimum atomic E-state index is -0.00458. The predicted molar refractivity (Wildman–Crippen MR) is 109 cm³/mol. The normalized spacial score (nSPS) is 22.2. The summed E-state index contributed by atoms with van der Waals surface area (Å²) < 4.78 is 0. The Morgan fingerprint density at radius 3 is 2.48 bits per heavy atom. The lowest BCUT2D eigenvalue weighted by molar-refractivity contribution is 0.313. The van der Waals surface area contributed by atoms with Gasteiger partial charge in [0.2, 0.25) is 0 Å². The maximum Gasteiger partial charge on any atom is 0.133 e. The topological polar surface area (TPSA) is 24.4 Å². The number of aliphatic imine (C=N–C) groups is 1. The van der Waals surface area contributed by atoms with Crippen molar-refractivity contribution in [3.8, 4) is 0 Å². The van der Waals surface area contributed by atoms with E-state index in [9.17, 15) is 0 Å². The molecule has 1 aliphatic heterocycles. The first-order chi connectivity index (χ1) is 12.1. The van der Waals surface area contributed by atoms with E-state index in [-0.39, 0.29) is 5.54 Å². The van der Waals surface area contributed by atoms with Gasteiger partial charge in [0.1, 0.15) is 5.84 Å². The number of amidine groups is 1. The molecule has 0 amide bonds. The van der Waals surface area contributed by atoms with E-state index in [1.165, 1.54) is 29.5 Å². The Balaban J connectivity index is 2.07. The van der Waals surface area contributed by atoms with Gasteiger partial charge in [-0.2, -0.15) is 0 Å². The Morgan fingerprint density at radius 2 is 1.76 bits per heavy atom. The highest BCUT2D eigenvalue weighted by atomic mass is 15.1. The van der Waals surface area contributed by atoms with Crippen LogP contribution in [0.2, 0.25) is 0 Å². The van der Waals surface area contributed by atoms with Gasteiger partial charge in [0.15, 0.2) is 0 Å². The molecule has 0 aromatic heterocycles. The van der Waals surface area contributed by atoms with Crippen molar-refractivity contribution in [1.29, 1.82) is 0 Å². The third kappa shape index (κ3) is 3.35. The number of aryl methyl sites for hydroxylation is 1. The van der Waals surface area contributed by atoms with Crippen molar-refractivity contribution < 1.29 is 0 Å². The zero-order valence-corrected chi connectivity index (χ0v) is 16.0. The number of hydrogen-bond acceptors (Lipinski definition) is 2. The lowest BCUT2D eigenvalue weighted by Crippen LogP contribution is -2.39. The van der Waals surface area contributed by atoms with Crippen molar-refractivity contribution in [2.75, 3.05) is 5.32 Å². The van der Waals surface area contributed by atoms with Crippen LogP contribution >= 0.6 is 0 Å². The summed E-state index contributed by atoms with van der Waals surface area (Å²) in [6, 6.07) is 17.2. The van der Waals surface area contributed by atoms with E-state index in [2.05, 4.69) is 81.5 Å². The minimum absolute atomic E-state index is 0.00458. The van der Waals surface area contributed by atoms with E-state index >= 15 is 0 Å². The van der Waals surface area contributed by atoms with Crippen LogP contribution in [0.5, 0.6) is 0 Å². The van der Waals surface area contributed by atoms with Crippen LogP contribution < -0.4 is 5.32 Å². The van der Waals surface area contributed by atoms with Crippen molar-refractivity contribution in [2.24, 2.45) is 4.99 Å². The van der Waals surface area contributed by atoms with Gasteiger partial charge in [-0.15, -0.1) is 0 Å². The van der Waals surface area contributed by atoms with E-state index in [4.69, 9.17) is 4.99 Å². The van der Waals surface area contributed by atoms with Gasteiger partial charge >= 0.3 is 0 Å². The summed E-state index contributed by atoms with van der Waals surface area (Å²) in [5, 5.41) is 3.64. The molecule has 2 unspecified atom stereocenters. The first kappa shape index (κ1) is 17.7. The number of anilines is 1. The van der Waals surface area contributed by atoms with Gasteiger partial charge < -0.3 is 5.32 Å². The molecule has 0 radical (unpaired) electrons. The summed E-state index contributed by atoms with van der Waals surface area (Å²) in [6.45, 7) is 9.05. The van der Waals surface area contributed by atoms with E-state index in [1.807, 2.05) is 0 Å². The number of hydrogen-bond donors (Lipinski definition) is 1. The van der Waals surface area contributed by atoms with Crippen LogP contribution in [-0.2, 0) is 0 Å². The van der Waals surface area contributed by atoms with E-state index < -0.39 is 0 Å². The van der Waals surface area contributed by atoms with Crippen molar-refractivity contribution >= 4 is 11.5 Å². The Labute approximate surface area is 152 Å². The molecule has 3 rings (SSSR count). The highest BCUT2D eigenvalue weighted by molar-refractivity contribution is 6.10. The molecule has 0 bridgehead atoms. The van der Waals surface area contributed by atoms with Crippen LogP contribution in [0.15, 0.2) is 53.5 Å². The minimum Gasteiger partial charge on any atom is -0.340 e. The zero-order chi connectivity index (χ0) is 17.9. The molecule has 25 heavy (non-hydrogen) atoms. The third-order valence-electron chi connectivity index (χ3n) is 5.80. The Hall–Kier alpha value is -2.09. The average molecular weight is 335 g/mol. The fourth-order valence-corrected chi connectivity index (χ4v) is 4.01. The molecular weight excluding hydrogens is 304 g/mol. The fraction of sp³-hybridized carbons (Fsp3) is 0.435. The number of para-hydroxylation sites is 1. The Kier molecular flexibility index (Phi) is 5.27. The van der Waals surface area contributed by atoms with Crippen LogP contribution in [0.3, 0.4) is 0 Å². The lowest BCUT2D eigenvalue weighted by Gasteiger charge is -2.40. The number of fused-ring (bicyclic) bond motifs is 1. The summed E-state index contributed by atoms with van der Waals surface area (Å²) in [4.78, 5) is 5.33. The van der Waals surface area contributed by atoms with E-state index in [1.54, 1.807) is 0 Å². The molecular formula is C23H30N2. The molecule has 0 spiro atoms. The van der Waals surface area contributed by atoms with Gasteiger partial charge in [-0.05, 0) is 37.0 Å². The highest BCUT2D eigenvalue weighted by Crippen LogP contribution is 2.43. The molecule has 2 heteroatoms. The van der Waals surface area contributed by atoms with Gasteiger partial charge in [0, 0.05) is 17.2 Å². The molecule has 0 saturated heterocycles. The number of rotatable bonds is 5. The number of nitrogens with one attached hydrogen (secondary N) is 1. The van der Waals surface area contributed by atoms with E-state index in [0.29, 0.717) is 5.92 Å². The SMILES string of the molecule is CCCCC1(CC)N=C(Nc2ccccc2C)c2ccccc2C1C. The largest absolute Gasteiger partial charge is 0.340 e. The zero-order valence-electron chi connectivity index (χ0n) is 16.0. The molecule has 1 aliphatic rings. The highest BCUT2D eigenvalue weighted by Gasteiger charge is 2.39. The maximum atomic E-state index is 5.33. The van der Waals surface area contributed by atoms with Crippen LogP contribution in [0.4, 0.5) is 5.69 Å². The van der Waals surface area contributed by atoms with Gasteiger partial charge in [0.25, 0.3) is 0 Å².